The topological polar surface area (TPSA) is 167 Å². The van der Waals surface area contributed by atoms with E-state index in [1.165, 1.54) is 12.1 Å². The number of nitrogens with one attached hydrogen (secondary N) is 3. The first-order valence-corrected chi connectivity index (χ1v) is 7.25. The number of hydrogen-bond acceptors (Lipinski definition) is 6. The summed E-state index contributed by atoms with van der Waals surface area (Å²) in [5.41, 5.74) is 3.22. The summed E-state index contributed by atoms with van der Waals surface area (Å²) in [4.78, 5) is 49.3. The number of rotatable bonds is 7. The Labute approximate surface area is 140 Å². The molecule has 2 rings (SSSR count). The van der Waals surface area contributed by atoms with Gasteiger partial charge in [0.15, 0.2) is 0 Å². The fourth-order valence-corrected chi connectivity index (χ4v) is 1.95. The maximum absolute atomic E-state index is 11.9. The Morgan fingerprint density at radius 3 is 2.72 bits per heavy atom. The molecular formula is C15H16N4O6. The van der Waals surface area contributed by atoms with Crippen molar-refractivity contribution in [3.8, 4) is 5.75 Å². The van der Waals surface area contributed by atoms with Crippen LogP contribution in [0.25, 0.3) is 0 Å². The Balaban J connectivity index is 1.83. The summed E-state index contributed by atoms with van der Waals surface area (Å²) < 4.78 is 5.39. The maximum Gasteiger partial charge on any atom is 0.335 e. The zero-order valence-corrected chi connectivity index (χ0v) is 13.0. The van der Waals surface area contributed by atoms with Crippen LogP contribution in [0.1, 0.15) is 27.3 Å². The maximum atomic E-state index is 11.9. The number of carbonyl (C=O) groups excluding carboxylic acids is 1. The summed E-state index contributed by atoms with van der Waals surface area (Å²) in [5, 5.41) is 11.4. The molecule has 0 saturated heterocycles. The minimum Gasteiger partial charge on any atom is -0.494 e. The van der Waals surface area contributed by atoms with E-state index in [-0.39, 0.29) is 30.1 Å². The van der Waals surface area contributed by atoms with Crippen LogP contribution in [0.5, 0.6) is 5.75 Å². The third-order valence-corrected chi connectivity index (χ3v) is 3.16. The quantitative estimate of drug-likeness (QED) is 0.422. The van der Waals surface area contributed by atoms with E-state index < -0.39 is 23.1 Å². The number of amides is 1. The number of carboxylic acids is 1. The molecule has 1 aromatic carbocycles. The van der Waals surface area contributed by atoms with Crippen LogP contribution in [0, 0.1) is 0 Å². The molecular weight excluding hydrogens is 332 g/mol. The van der Waals surface area contributed by atoms with E-state index in [0.717, 1.165) is 0 Å². The van der Waals surface area contributed by atoms with Crippen molar-refractivity contribution >= 4 is 17.6 Å². The largest absolute Gasteiger partial charge is 0.494 e. The zero-order valence-electron chi connectivity index (χ0n) is 13.0. The van der Waals surface area contributed by atoms with Gasteiger partial charge in [-0.2, -0.15) is 0 Å². The molecule has 0 aliphatic rings. The smallest absolute Gasteiger partial charge is 0.335 e. The van der Waals surface area contributed by atoms with Crippen LogP contribution in [0.4, 0.5) is 5.69 Å². The van der Waals surface area contributed by atoms with Crippen molar-refractivity contribution in [2.24, 2.45) is 0 Å². The number of carbonyl (C=O) groups is 2. The van der Waals surface area contributed by atoms with E-state index in [1.54, 1.807) is 12.1 Å². The molecule has 0 atom stereocenters. The average molecular weight is 348 g/mol. The molecule has 10 nitrogen and oxygen atoms in total. The standard InChI is InChI=1S/C15H16N4O6/c16-10-11(18-15(24)19-12(10)20)13(21)17-5-2-6-25-9-4-1-3-8(7-9)14(22)23/h1,3-4,7H,2,5-6,16H2,(H,17,21)(H,22,23)(H2,18,19,20,24). The Kier molecular flexibility index (Phi) is 5.56. The van der Waals surface area contributed by atoms with Gasteiger partial charge in [0.05, 0.1) is 12.2 Å². The minimum absolute atomic E-state index is 0.111. The van der Waals surface area contributed by atoms with E-state index in [4.69, 9.17) is 15.6 Å². The molecule has 0 bridgehead atoms. The van der Waals surface area contributed by atoms with E-state index in [1.807, 2.05) is 4.98 Å². The van der Waals surface area contributed by atoms with Gasteiger partial charge >= 0.3 is 11.7 Å². The number of aromatic nitrogens is 2. The van der Waals surface area contributed by atoms with Crippen LogP contribution >= 0.6 is 0 Å². The minimum atomic E-state index is -1.05. The normalized spacial score (nSPS) is 10.2. The summed E-state index contributed by atoms with van der Waals surface area (Å²) in [6.07, 6.45) is 0.413. The summed E-state index contributed by atoms with van der Waals surface area (Å²) in [6.45, 7) is 0.427. The second-order valence-electron chi connectivity index (χ2n) is 4.99. The molecule has 1 aromatic heterocycles. The number of aromatic amines is 2. The van der Waals surface area contributed by atoms with E-state index in [0.29, 0.717) is 12.2 Å². The third-order valence-electron chi connectivity index (χ3n) is 3.16. The average Bonchev–Trinajstić information content (AvgIpc) is 2.57. The van der Waals surface area contributed by atoms with Crippen LogP contribution in [0.3, 0.4) is 0 Å². The lowest BCUT2D eigenvalue weighted by molar-refractivity contribution is 0.0696. The summed E-state index contributed by atoms with van der Waals surface area (Å²) >= 11 is 0. The highest BCUT2D eigenvalue weighted by Crippen LogP contribution is 2.13. The number of ether oxygens (including phenoxy) is 1. The number of anilines is 1. The molecule has 2 aromatic rings. The lowest BCUT2D eigenvalue weighted by atomic mass is 10.2. The van der Waals surface area contributed by atoms with Crippen molar-refractivity contribution in [3.63, 3.8) is 0 Å². The van der Waals surface area contributed by atoms with Gasteiger partial charge in [0.2, 0.25) is 0 Å². The zero-order chi connectivity index (χ0) is 18.4. The Morgan fingerprint density at radius 1 is 1.24 bits per heavy atom. The highest BCUT2D eigenvalue weighted by Gasteiger charge is 2.13. The molecule has 25 heavy (non-hydrogen) atoms. The number of benzene rings is 1. The lowest BCUT2D eigenvalue weighted by Crippen LogP contribution is -2.34. The number of aromatic carboxylic acids is 1. The molecule has 1 amide bonds. The van der Waals surface area contributed by atoms with Gasteiger partial charge in [-0.3, -0.25) is 14.6 Å². The molecule has 10 heteroatoms. The molecule has 0 radical (unpaired) electrons. The van der Waals surface area contributed by atoms with Gasteiger partial charge in [-0.15, -0.1) is 0 Å². The lowest BCUT2D eigenvalue weighted by Gasteiger charge is -2.08. The van der Waals surface area contributed by atoms with Crippen molar-refractivity contribution in [1.82, 2.24) is 15.3 Å². The van der Waals surface area contributed by atoms with Gasteiger partial charge in [0.25, 0.3) is 11.5 Å². The number of H-pyrrole nitrogens is 2. The molecule has 6 N–H and O–H groups in total. The Hall–Kier alpha value is -3.56. The van der Waals surface area contributed by atoms with Crippen molar-refractivity contribution in [3.05, 3.63) is 56.4 Å². The number of nitrogens with two attached hydrogens (primary N) is 1. The van der Waals surface area contributed by atoms with Gasteiger partial charge < -0.3 is 25.9 Å². The summed E-state index contributed by atoms with van der Waals surface area (Å²) in [6, 6.07) is 6.02. The first-order valence-electron chi connectivity index (χ1n) is 7.25. The second-order valence-corrected chi connectivity index (χ2v) is 4.99. The highest BCUT2D eigenvalue weighted by atomic mass is 16.5. The Bertz CT molecular complexity index is 901. The molecule has 0 unspecified atom stereocenters. The first-order chi connectivity index (χ1) is 11.9. The molecule has 0 spiro atoms. The molecule has 1 heterocycles. The van der Waals surface area contributed by atoms with Gasteiger partial charge in [0.1, 0.15) is 17.1 Å². The molecule has 132 valence electrons. The fourth-order valence-electron chi connectivity index (χ4n) is 1.95. The summed E-state index contributed by atoms with van der Waals surface area (Å²) in [5.74, 6) is -1.34. The highest BCUT2D eigenvalue weighted by molar-refractivity contribution is 5.96. The van der Waals surface area contributed by atoms with Crippen molar-refractivity contribution in [2.45, 2.75) is 6.42 Å². The first kappa shape index (κ1) is 17.8. The molecule has 0 aliphatic carbocycles. The van der Waals surface area contributed by atoms with Gasteiger partial charge in [-0.25, -0.2) is 9.59 Å². The van der Waals surface area contributed by atoms with Crippen molar-refractivity contribution in [2.75, 3.05) is 18.9 Å². The van der Waals surface area contributed by atoms with E-state index in [2.05, 4.69) is 10.3 Å². The van der Waals surface area contributed by atoms with Crippen molar-refractivity contribution in [1.29, 1.82) is 0 Å². The predicted molar refractivity (Wildman–Crippen MR) is 87.9 cm³/mol. The van der Waals surface area contributed by atoms with Crippen LogP contribution in [-0.4, -0.2) is 40.1 Å². The van der Waals surface area contributed by atoms with Crippen molar-refractivity contribution < 1.29 is 19.4 Å². The molecule has 0 fully saturated rings. The fraction of sp³-hybridized carbons (Fsp3) is 0.200. The van der Waals surface area contributed by atoms with Crippen LogP contribution in [0.15, 0.2) is 33.9 Å². The second kappa shape index (κ2) is 7.81. The molecule has 0 saturated carbocycles. The Morgan fingerprint density at radius 2 is 2.00 bits per heavy atom. The van der Waals surface area contributed by atoms with E-state index in [9.17, 15) is 19.2 Å². The van der Waals surface area contributed by atoms with Crippen LogP contribution < -0.4 is 27.0 Å². The number of carboxylic acid groups (broad SMARTS) is 1. The van der Waals surface area contributed by atoms with E-state index >= 15 is 0 Å². The van der Waals surface area contributed by atoms with Gasteiger partial charge in [0, 0.05) is 6.54 Å². The third kappa shape index (κ3) is 4.70. The van der Waals surface area contributed by atoms with Crippen LogP contribution in [-0.2, 0) is 0 Å². The number of hydrogen-bond donors (Lipinski definition) is 5. The van der Waals surface area contributed by atoms with Gasteiger partial charge in [-0.05, 0) is 24.6 Å². The van der Waals surface area contributed by atoms with Gasteiger partial charge in [-0.1, -0.05) is 6.07 Å². The monoisotopic (exact) mass is 348 g/mol. The predicted octanol–water partition coefficient (Wildman–Crippen LogP) is -0.458. The SMILES string of the molecule is Nc1c(C(=O)NCCCOc2cccc(C(=O)O)c2)[nH]c(=O)[nH]c1=O. The summed E-state index contributed by atoms with van der Waals surface area (Å²) in [7, 11) is 0. The number of nitrogen functional groups attached to an aromatic ring is 1. The van der Waals surface area contributed by atoms with Crippen LogP contribution in [0.2, 0.25) is 0 Å². The molecule has 0 aliphatic heterocycles.